The van der Waals surface area contributed by atoms with Crippen LogP contribution in [0.5, 0.6) is 0 Å². The van der Waals surface area contributed by atoms with Gasteiger partial charge in [-0.25, -0.2) is 0 Å². The molecule has 0 N–H and O–H groups in total. The monoisotopic (exact) mass is 300 g/mol. The molecule has 0 aliphatic carbocycles. The highest BCUT2D eigenvalue weighted by Crippen LogP contribution is 2.21. The summed E-state index contributed by atoms with van der Waals surface area (Å²) in [7, 11) is 0. The van der Waals surface area contributed by atoms with Gasteiger partial charge in [0, 0.05) is 0 Å². The molecule has 116 valence electrons. The fourth-order valence-corrected chi connectivity index (χ4v) is 2.99. The average molecular weight is 300 g/mol. The molecule has 1 unspecified atom stereocenters. The van der Waals surface area contributed by atoms with Crippen molar-refractivity contribution >= 4 is 0 Å². The molecule has 0 spiro atoms. The van der Waals surface area contributed by atoms with E-state index in [4.69, 9.17) is 0 Å². The van der Waals surface area contributed by atoms with E-state index < -0.39 is 0 Å². The number of benzene rings is 3. The maximum atomic E-state index is 2.31. The topological polar surface area (TPSA) is 0 Å². The van der Waals surface area contributed by atoms with Crippen LogP contribution in [0.2, 0.25) is 0 Å². The van der Waals surface area contributed by atoms with Crippen molar-refractivity contribution in [1.82, 2.24) is 0 Å². The summed E-state index contributed by atoms with van der Waals surface area (Å²) in [5.41, 5.74) is 6.90. The van der Waals surface area contributed by atoms with Crippen molar-refractivity contribution in [2.24, 2.45) is 0 Å². The summed E-state index contributed by atoms with van der Waals surface area (Å²) in [6, 6.07) is 28.7. The van der Waals surface area contributed by atoms with E-state index in [1.54, 1.807) is 0 Å². The third kappa shape index (κ3) is 4.32. The zero-order valence-corrected chi connectivity index (χ0v) is 14.0. The summed E-state index contributed by atoms with van der Waals surface area (Å²) in [5.74, 6) is 0.551. The van der Waals surface area contributed by atoms with Crippen LogP contribution in [0.4, 0.5) is 0 Å². The fourth-order valence-electron chi connectivity index (χ4n) is 2.99. The van der Waals surface area contributed by atoms with E-state index >= 15 is 0 Å². The van der Waals surface area contributed by atoms with Crippen LogP contribution in [0, 0.1) is 6.92 Å². The Hall–Kier alpha value is -2.34. The molecule has 0 aliphatic rings. The third-order valence-electron chi connectivity index (χ3n) is 4.46. The van der Waals surface area contributed by atoms with Gasteiger partial charge in [0.05, 0.1) is 0 Å². The average Bonchev–Trinajstić information content (AvgIpc) is 2.58. The number of hydrogen-bond donors (Lipinski definition) is 0. The minimum atomic E-state index is 0.551. The van der Waals surface area contributed by atoms with Gasteiger partial charge in [-0.2, -0.15) is 0 Å². The molecule has 0 saturated heterocycles. The Bertz CT molecular complexity index is 721. The van der Waals surface area contributed by atoms with Crippen molar-refractivity contribution < 1.29 is 0 Å². The minimum Gasteiger partial charge on any atom is -0.0622 e. The SMILES string of the molecule is Cc1ccc(C(C)Cc2ccc(Cc3ccccc3)cc2)cc1. The summed E-state index contributed by atoms with van der Waals surface area (Å²) in [6.07, 6.45) is 2.10. The van der Waals surface area contributed by atoms with Crippen molar-refractivity contribution in [2.75, 3.05) is 0 Å². The molecule has 0 bridgehead atoms. The van der Waals surface area contributed by atoms with Gasteiger partial charge in [-0.15, -0.1) is 0 Å². The summed E-state index contributed by atoms with van der Waals surface area (Å²) < 4.78 is 0. The second-order valence-corrected chi connectivity index (χ2v) is 6.49. The molecule has 0 aromatic heterocycles. The fraction of sp³-hybridized carbons (Fsp3) is 0.217. The molecule has 0 radical (unpaired) electrons. The maximum absolute atomic E-state index is 2.31. The lowest BCUT2D eigenvalue weighted by atomic mass is 9.92. The molecular weight excluding hydrogens is 276 g/mol. The van der Waals surface area contributed by atoms with Crippen LogP contribution >= 0.6 is 0 Å². The number of aryl methyl sites for hydroxylation is 1. The zero-order chi connectivity index (χ0) is 16.1. The lowest BCUT2D eigenvalue weighted by Crippen LogP contribution is -1.99. The third-order valence-corrected chi connectivity index (χ3v) is 4.46. The molecule has 3 rings (SSSR count). The van der Waals surface area contributed by atoms with Gasteiger partial charge in [0.2, 0.25) is 0 Å². The van der Waals surface area contributed by atoms with E-state index in [1.165, 1.54) is 27.8 Å². The highest BCUT2D eigenvalue weighted by atomic mass is 14.1. The largest absolute Gasteiger partial charge is 0.0622 e. The Morgan fingerprint density at radius 3 is 1.87 bits per heavy atom. The molecule has 0 heterocycles. The molecule has 3 aromatic rings. The van der Waals surface area contributed by atoms with E-state index in [0.29, 0.717) is 5.92 Å². The molecule has 0 aliphatic heterocycles. The molecule has 3 aromatic carbocycles. The van der Waals surface area contributed by atoms with Crippen LogP contribution in [0.3, 0.4) is 0 Å². The van der Waals surface area contributed by atoms with Crippen LogP contribution < -0.4 is 0 Å². The van der Waals surface area contributed by atoms with Crippen molar-refractivity contribution in [3.05, 3.63) is 107 Å². The van der Waals surface area contributed by atoms with Gasteiger partial charge in [0.15, 0.2) is 0 Å². The smallest absolute Gasteiger partial charge is 0.00258 e. The molecule has 0 amide bonds. The van der Waals surface area contributed by atoms with Gasteiger partial charge < -0.3 is 0 Å². The van der Waals surface area contributed by atoms with E-state index in [1.807, 2.05) is 0 Å². The lowest BCUT2D eigenvalue weighted by molar-refractivity contribution is 0.758. The second-order valence-electron chi connectivity index (χ2n) is 6.49. The van der Waals surface area contributed by atoms with Crippen LogP contribution in [-0.4, -0.2) is 0 Å². The van der Waals surface area contributed by atoms with Crippen molar-refractivity contribution in [3.8, 4) is 0 Å². The highest BCUT2D eigenvalue weighted by molar-refractivity contribution is 5.31. The van der Waals surface area contributed by atoms with Crippen LogP contribution in [0.1, 0.15) is 40.7 Å². The first-order chi connectivity index (χ1) is 11.2. The zero-order valence-electron chi connectivity index (χ0n) is 14.0. The molecule has 0 fully saturated rings. The maximum Gasteiger partial charge on any atom is -0.00258 e. The molecular formula is C23H24. The first-order valence-electron chi connectivity index (χ1n) is 8.39. The Morgan fingerprint density at radius 1 is 0.652 bits per heavy atom. The van der Waals surface area contributed by atoms with Gasteiger partial charge in [-0.1, -0.05) is 91.3 Å². The first-order valence-corrected chi connectivity index (χ1v) is 8.39. The molecule has 0 nitrogen and oxygen atoms in total. The minimum absolute atomic E-state index is 0.551. The van der Waals surface area contributed by atoms with Gasteiger partial charge in [-0.3, -0.25) is 0 Å². The molecule has 23 heavy (non-hydrogen) atoms. The predicted molar refractivity (Wildman–Crippen MR) is 99.0 cm³/mol. The quantitative estimate of drug-likeness (QED) is 0.547. The second kappa shape index (κ2) is 7.28. The van der Waals surface area contributed by atoms with Gasteiger partial charge in [0.25, 0.3) is 0 Å². The number of rotatable bonds is 5. The predicted octanol–water partition coefficient (Wildman–Crippen LogP) is 5.93. The Labute approximate surface area is 139 Å². The van der Waals surface area contributed by atoms with Crippen molar-refractivity contribution in [3.63, 3.8) is 0 Å². The van der Waals surface area contributed by atoms with E-state index in [0.717, 1.165) is 12.8 Å². The van der Waals surface area contributed by atoms with Crippen molar-refractivity contribution in [1.29, 1.82) is 0 Å². The highest BCUT2D eigenvalue weighted by Gasteiger charge is 2.06. The summed E-state index contributed by atoms with van der Waals surface area (Å²) in [5, 5.41) is 0. The Morgan fingerprint density at radius 2 is 1.22 bits per heavy atom. The molecule has 0 saturated carbocycles. The van der Waals surface area contributed by atoms with Crippen LogP contribution in [0.25, 0.3) is 0 Å². The standard InChI is InChI=1S/C23H24/c1-18-8-14-23(15-9-18)19(2)16-21-10-12-22(13-11-21)17-20-6-4-3-5-7-20/h3-15,19H,16-17H2,1-2H3. The van der Waals surface area contributed by atoms with Crippen LogP contribution in [-0.2, 0) is 12.8 Å². The summed E-state index contributed by atoms with van der Waals surface area (Å²) >= 11 is 0. The molecule has 1 atom stereocenters. The molecule has 0 heteroatoms. The summed E-state index contributed by atoms with van der Waals surface area (Å²) in [4.78, 5) is 0. The Balaban J connectivity index is 1.64. The Kier molecular flexibility index (Phi) is 4.92. The van der Waals surface area contributed by atoms with Gasteiger partial charge in [-0.05, 0) is 47.9 Å². The van der Waals surface area contributed by atoms with E-state index in [9.17, 15) is 0 Å². The van der Waals surface area contributed by atoms with E-state index in [2.05, 4.69) is 92.7 Å². The van der Waals surface area contributed by atoms with Gasteiger partial charge in [0.1, 0.15) is 0 Å². The normalized spacial score (nSPS) is 12.1. The van der Waals surface area contributed by atoms with Crippen LogP contribution in [0.15, 0.2) is 78.9 Å². The summed E-state index contributed by atoms with van der Waals surface area (Å²) in [6.45, 7) is 4.45. The van der Waals surface area contributed by atoms with Gasteiger partial charge >= 0.3 is 0 Å². The first kappa shape index (κ1) is 15.6. The lowest BCUT2D eigenvalue weighted by Gasteiger charge is -2.13. The van der Waals surface area contributed by atoms with Crippen molar-refractivity contribution in [2.45, 2.75) is 32.6 Å². The number of hydrogen-bond acceptors (Lipinski definition) is 0. The van der Waals surface area contributed by atoms with E-state index in [-0.39, 0.29) is 0 Å².